The van der Waals surface area contributed by atoms with Gasteiger partial charge in [-0.15, -0.1) is 0 Å². The minimum atomic E-state index is -0.216. The third-order valence-electron chi connectivity index (χ3n) is 3.06. The van der Waals surface area contributed by atoms with Crippen molar-refractivity contribution < 1.29 is 23.5 Å². The van der Waals surface area contributed by atoms with E-state index in [-0.39, 0.29) is 12.5 Å². The molecule has 1 heterocycles. The fourth-order valence-electron chi connectivity index (χ4n) is 1.94. The third kappa shape index (κ3) is 4.43. The highest BCUT2D eigenvalue weighted by atomic mass is 16.5. The Morgan fingerprint density at radius 1 is 1.22 bits per heavy atom. The summed E-state index contributed by atoms with van der Waals surface area (Å²) in [7, 11) is 4.61. The van der Waals surface area contributed by atoms with Gasteiger partial charge in [-0.25, -0.2) is 0 Å². The van der Waals surface area contributed by atoms with Crippen molar-refractivity contribution in [1.29, 1.82) is 0 Å². The molecule has 8 heteroatoms. The minimum absolute atomic E-state index is 0.216. The molecule has 0 fully saturated rings. The standard InChI is InChI=1S/C15H19N3O5/c1-20-9-14-17-13(18-23-14)6-7-16-15(19)10-4-5-11(21-2)12(8-10)22-3/h4-5,8H,6-7,9H2,1-3H3,(H,16,19). The molecular weight excluding hydrogens is 302 g/mol. The summed E-state index contributed by atoms with van der Waals surface area (Å²) >= 11 is 0. The zero-order valence-electron chi connectivity index (χ0n) is 13.3. The van der Waals surface area contributed by atoms with Gasteiger partial charge in [-0.2, -0.15) is 4.98 Å². The number of benzene rings is 1. The second-order valence-corrected chi connectivity index (χ2v) is 4.61. The van der Waals surface area contributed by atoms with Gasteiger partial charge in [0.1, 0.15) is 6.61 Å². The number of methoxy groups -OCH3 is 3. The first kappa shape index (κ1) is 16.8. The normalized spacial score (nSPS) is 10.4. The van der Waals surface area contributed by atoms with Gasteiger partial charge in [0.15, 0.2) is 17.3 Å². The predicted molar refractivity (Wildman–Crippen MR) is 80.6 cm³/mol. The van der Waals surface area contributed by atoms with Crippen LogP contribution in [0.25, 0.3) is 0 Å². The lowest BCUT2D eigenvalue weighted by molar-refractivity contribution is 0.0953. The Kier molecular flexibility index (Phi) is 5.93. The fraction of sp³-hybridized carbons (Fsp3) is 0.400. The number of hydrogen-bond donors (Lipinski definition) is 1. The van der Waals surface area contributed by atoms with Crippen LogP contribution in [0.2, 0.25) is 0 Å². The van der Waals surface area contributed by atoms with Crippen molar-refractivity contribution in [3.05, 3.63) is 35.5 Å². The second-order valence-electron chi connectivity index (χ2n) is 4.61. The number of carbonyl (C=O) groups excluding carboxylic acids is 1. The Balaban J connectivity index is 1.89. The first-order valence-electron chi connectivity index (χ1n) is 6.98. The van der Waals surface area contributed by atoms with Gasteiger partial charge in [-0.3, -0.25) is 4.79 Å². The van der Waals surface area contributed by atoms with Gasteiger partial charge in [0.2, 0.25) is 0 Å². The molecule has 2 aromatic rings. The molecule has 1 N–H and O–H groups in total. The van der Waals surface area contributed by atoms with Crippen LogP contribution in [0.4, 0.5) is 0 Å². The van der Waals surface area contributed by atoms with Crippen molar-refractivity contribution in [2.75, 3.05) is 27.9 Å². The number of aromatic nitrogens is 2. The SMILES string of the molecule is COCc1nc(CCNC(=O)c2ccc(OC)c(OC)c2)no1. The van der Waals surface area contributed by atoms with Gasteiger partial charge in [-0.05, 0) is 18.2 Å². The van der Waals surface area contributed by atoms with Crippen molar-refractivity contribution >= 4 is 5.91 Å². The van der Waals surface area contributed by atoms with Crippen LogP contribution in [-0.4, -0.2) is 43.9 Å². The van der Waals surface area contributed by atoms with Crippen molar-refractivity contribution in [3.8, 4) is 11.5 Å². The monoisotopic (exact) mass is 321 g/mol. The molecule has 23 heavy (non-hydrogen) atoms. The molecule has 0 unspecified atom stereocenters. The Bertz CT molecular complexity index is 656. The molecule has 0 aliphatic carbocycles. The van der Waals surface area contributed by atoms with E-state index in [1.54, 1.807) is 32.4 Å². The molecular formula is C15H19N3O5. The quantitative estimate of drug-likeness (QED) is 0.780. The van der Waals surface area contributed by atoms with Crippen molar-refractivity contribution in [2.24, 2.45) is 0 Å². The smallest absolute Gasteiger partial charge is 0.252 e. The molecule has 1 aromatic carbocycles. The fourth-order valence-corrected chi connectivity index (χ4v) is 1.94. The van der Waals surface area contributed by atoms with Crippen LogP contribution < -0.4 is 14.8 Å². The van der Waals surface area contributed by atoms with Crippen LogP contribution in [0.5, 0.6) is 11.5 Å². The Hall–Kier alpha value is -2.61. The second kappa shape index (κ2) is 8.14. The van der Waals surface area contributed by atoms with E-state index >= 15 is 0 Å². The van der Waals surface area contributed by atoms with Crippen molar-refractivity contribution in [3.63, 3.8) is 0 Å². The number of amides is 1. The highest BCUT2D eigenvalue weighted by Crippen LogP contribution is 2.27. The molecule has 0 spiro atoms. The molecule has 2 rings (SSSR count). The van der Waals surface area contributed by atoms with E-state index in [9.17, 15) is 4.79 Å². The summed E-state index contributed by atoms with van der Waals surface area (Å²) < 4.78 is 20.2. The van der Waals surface area contributed by atoms with Crippen LogP contribution in [0.1, 0.15) is 22.1 Å². The highest BCUT2D eigenvalue weighted by Gasteiger charge is 2.11. The Morgan fingerprint density at radius 3 is 2.70 bits per heavy atom. The van der Waals surface area contributed by atoms with E-state index in [1.165, 1.54) is 7.11 Å². The molecule has 0 saturated carbocycles. The van der Waals surface area contributed by atoms with E-state index in [4.69, 9.17) is 18.7 Å². The zero-order chi connectivity index (χ0) is 16.7. The Labute approximate surface area is 133 Å². The molecule has 8 nitrogen and oxygen atoms in total. The number of hydrogen-bond acceptors (Lipinski definition) is 7. The molecule has 0 bridgehead atoms. The predicted octanol–water partition coefficient (Wildman–Crippen LogP) is 1.21. The lowest BCUT2D eigenvalue weighted by Crippen LogP contribution is -2.26. The van der Waals surface area contributed by atoms with Crippen LogP contribution in [0.15, 0.2) is 22.7 Å². The molecule has 0 saturated heterocycles. The molecule has 0 atom stereocenters. The minimum Gasteiger partial charge on any atom is -0.493 e. The summed E-state index contributed by atoms with van der Waals surface area (Å²) in [4.78, 5) is 16.2. The lowest BCUT2D eigenvalue weighted by Gasteiger charge is -2.09. The molecule has 1 amide bonds. The van der Waals surface area contributed by atoms with Gasteiger partial charge >= 0.3 is 0 Å². The zero-order valence-corrected chi connectivity index (χ0v) is 13.3. The van der Waals surface area contributed by atoms with E-state index in [0.29, 0.717) is 41.7 Å². The van der Waals surface area contributed by atoms with Crippen LogP contribution in [-0.2, 0) is 17.8 Å². The van der Waals surface area contributed by atoms with E-state index in [1.807, 2.05) is 0 Å². The average Bonchev–Trinajstić information content (AvgIpc) is 3.02. The average molecular weight is 321 g/mol. The largest absolute Gasteiger partial charge is 0.493 e. The first-order valence-corrected chi connectivity index (χ1v) is 6.98. The number of rotatable bonds is 8. The van der Waals surface area contributed by atoms with Crippen LogP contribution in [0, 0.1) is 0 Å². The maximum absolute atomic E-state index is 12.1. The molecule has 0 aliphatic heterocycles. The summed E-state index contributed by atoms with van der Waals surface area (Å²) in [6.07, 6.45) is 0.465. The molecule has 124 valence electrons. The van der Waals surface area contributed by atoms with Gasteiger partial charge in [0, 0.05) is 25.6 Å². The summed E-state index contributed by atoms with van der Waals surface area (Å²) in [5.41, 5.74) is 0.482. The van der Waals surface area contributed by atoms with Gasteiger partial charge in [0.05, 0.1) is 14.2 Å². The first-order chi connectivity index (χ1) is 11.2. The highest BCUT2D eigenvalue weighted by molar-refractivity contribution is 5.94. The number of nitrogens with zero attached hydrogens (tertiary/aromatic N) is 2. The number of ether oxygens (including phenoxy) is 3. The van der Waals surface area contributed by atoms with Crippen molar-refractivity contribution in [1.82, 2.24) is 15.5 Å². The van der Waals surface area contributed by atoms with Crippen molar-refractivity contribution in [2.45, 2.75) is 13.0 Å². The molecule has 1 aromatic heterocycles. The maximum Gasteiger partial charge on any atom is 0.252 e. The van der Waals surface area contributed by atoms with Gasteiger partial charge in [0.25, 0.3) is 11.8 Å². The summed E-state index contributed by atoms with van der Waals surface area (Å²) in [6, 6.07) is 4.98. The Morgan fingerprint density at radius 2 is 2.00 bits per heavy atom. The van der Waals surface area contributed by atoms with Gasteiger partial charge in [-0.1, -0.05) is 5.16 Å². The molecule has 0 aliphatic rings. The summed E-state index contributed by atoms with van der Waals surface area (Å²) in [5.74, 6) is 1.79. The number of nitrogens with one attached hydrogen (secondary N) is 1. The number of carbonyl (C=O) groups is 1. The summed E-state index contributed by atoms with van der Waals surface area (Å²) in [6.45, 7) is 0.657. The van der Waals surface area contributed by atoms with E-state index in [2.05, 4.69) is 15.5 Å². The molecule has 0 radical (unpaired) electrons. The topological polar surface area (TPSA) is 95.7 Å². The van der Waals surface area contributed by atoms with Crippen LogP contribution in [0.3, 0.4) is 0 Å². The third-order valence-corrected chi connectivity index (χ3v) is 3.06. The van der Waals surface area contributed by atoms with Gasteiger partial charge < -0.3 is 24.1 Å². The van der Waals surface area contributed by atoms with E-state index < -0.39 is 0 Å². The van der Waals surface area contributed by atoms with Crippen LogP contribution >= 0.6 is 0 Å². The maximum atomic E-state index is 12.1. The van der Waals surface area contributed by atoms with E-state index in [0.717, 1.165) is 0 Å². The summed E-state index contributed by atoms with van der Waals surface area (Å²) in [5, 5.41) is 6.59. The lowest BCUT2D eigenvalue weighted by atomic mass is 10.2.